The highest BCUT2D eigenvalue weighted by Gasteiger charge is 2.16. The molecule has 4 rings (SSSR count). The number of fused-ring (bicyclic) bond motifs is 1. The van der Waals surface area contributed by atoms with Gasteiger partial charge in [0, 0.05) is 11.1 Å². The summed E-state index contributed by atoms with van der Waals surface area (Å²) < 4.78 is 5.71. The van der Waals surface area contributed by atoms with Crippen LogP contribution in [0.3, 0.4) is 0 Å². The molecule has 8 nitrogen and oxygen atoms in total. The van der Waals surface area contributed by atoms with Gasteiger partial charge in [-0.3, -0.25) is 9.59 Å². The smallest absolute Gasteiger partial charge is 0.337 e. The van der Waals surface area contributed by atoms with Gasteiger partial charge >= 0.3 is 5.97 Å². The van der Waals surface area contributed by atoms with E-state index in [9.17, 15) is 14.4 Å². The summed E-state index contributed by atoms with van der Waals surface area (Å²) >= 11 is 2.13. The Balaban J connectivity index is 1.36. The van der Waals surface area contributed by atoms with E-state index in [2.05, 4.69) is 15.3 Å². The summed E-state index contributed by atoms with van der Waals surface area (Å²) in [6, 6.07) is 16.3. The van der Waals surface area contributed by atoms with E-state index >= 15 is 0 Å². The Morgan fingerprint density at radius 3 is 2.52 bits per heavy atom. The Kier molecular flexibility index (Phi) is 6.01. The van der Waals surface area contributed by atoms with Gasteiger partial charge in [-0.05, 0) is 36.4 Å². The van der Waals surface area contributed by atoms with E-state index in [0.29, 0.717) is 16.3 Å². The lowest BCUT2D eigenvalue weighted by atomic mass is 10.2. The van der Waals surface area contributed by atoms with E-state index in [0.717, 1.165) is 28.8 Å². The molecular formula is C21H15N3O5S2. The average Bonchev–Trinajstić information content (AvgIpc) is 3.19. The van der Waals surface area contributed by atoms with Crippen LogP contribution in [0.15, 0.2) is 69.9 Å². The Hall–Kier alpha value is -3.63. The lowest BCUT2D eigenvalue weighted by molar-refractivity contribution is -0.113. The van der Waals surface area contributed by atoms with Crippen molar-refractivity contribution >= 4 is 50.9 Å². The number of aromatic carboxylic acids is 1. The number of rotatable bonds is 7. The predicted octanol–water partition coefficient (Wildman–Crippen LogP) is 4.21. The van der Waals surface area contributed by atoms with Crippen molar-refractivity contribution in [2.24, 2.45) is 0 Å². The minimum Gasteiger partial charge on any atom is -0.478 e. The third-order valence-electron chi connectivity index (χ3n) is 4.11. The van der Waals surface area contributed by atoms with Crippen molar-refractivity contribution in [1.82, 2.24) is 9.97 Å². The second-order valence-corrected chi connectivity index (χ2v) is 8.10. The summed E-state index contributed by atoms with van der Waals surface area (Å²) in [5.41, 5.74) is -0.0180. The van der Waals surface area contributed by atoms with Crippen LogP contribution in [0.5, 0.6) is 11.5 Å². The number of aromatic amines is 1. The maximum atomic E-state index is 12.2. The number of amides is 1. The highest BCUT2D eigenvalue weighted by molar-refractivity contribution is 7.99. The molecule has 0 atom stereocenters. The molecule has 2 heterocycles. The molecule has 10 heteroatoms. The normalized spacial score (nSPS) is 10.7. The molecular weight excluding hydrogens is 438 g/mol. The Morgan fingerprint density at radius 1 is 1.10 bits per heavy atom. The number of aromatic nitrogens is 2. The molecule has 0 unspecified atom stereocenters. The van der Waals surface area contributed by atoms with Crippen LogP contribution in [-0.2, 0) is 4.79 Å². The average molecular weight is 454 g/mol. The van der Waals surface area contributed by atoms with E-state index < -0.39 is 11.5 Å². The van der Waals surface area contributed by atoms with Crippen molar-refractivity contribution in [2.75, 3.05) is 11.1 Å². The van der Waals surface area contributed by atoms with E-state index in [1.807, 2.05) is 30.3 Å². The fraction of sp³-hybridized carbons (Fsp3) is 0.0476. The summed E-state index contributed by atoms with van der Waals surface area (Å²) in [5.74, 6) is -0.0745. The number of benzene rings is 2. The third kappa shape index (κ3) is 4.93. The number of thiophene rings is 1. The van der Waals surface area contributed by atoms with Gasteiger partial charge in [0.2, 0.25) is 5.91 Å². The van der Waals surface area contributed by atoms with Crippen LogP contribution >= 0.6 is 23.1 Å². The first kappa shape index (κ1) is 20.6. The molecule has 0 bridgehead atoms. The molecule has 0 aliphatic heterocycles. The van der Waals surface area contributed by atoms with Gasteiger partial charge in [0.1, 0.15) is 16.3 Å². The molecule has 2 aromatic heterocycles. The van der Waals surface area contributed by atoms with Gasteiger partial charge in [-0.15, -0.1) is 11.3 Å². The van der Waals surface area contributed by atoms with Gasteiger partial charge < -0.3 is 20.1 Å². The number of ether oxygens (including phenoxy) is 1. The molecule has 0 saturated heterocycles. The molecule has 0 saturated carbocycles. The van der Waals surface area contributed by atoms with Crippen LogP contribution in [0.25, 0.3) is 10.2 Å². The van der Waals surface area contributed by atoms with E-state index in [4.69, 9.17) is 9.84 Å². The Bertz CT molecular complexity index is 1300. The standard InChI is InChI=1S/C21H15N3O5S2/c25-16(22-12-6-8-14(9-7-12)29-13-4-2-1-3-5-13)11-31-21-23-18(26)17-15(20(27)28)10-30-19(17)24-21/h1-10H,11H2,(H,22,25)(H,27,28)(H,23,24,26). The SMILES string of the molecule is O=C(CSc1nc2scc(C(=O)O)c2c(=O)[nH]1)Nc1ccc(Oc2ccccc2)cc1. The van der Waals surface area contributed by atoms with Gasteiger partial charge in [0.25, 0.3) is 5.56 Å². The Morgan fingerprint density at radius 2 is 1.81 bits per heavy atom. The second kappa shape index (κ2) is 9.02. The van der Waals surface area contributed by atoms with E-state index in [-0.39, 0.29) is 27.8 Å². The topological polar surface area (TPSA) is 121 Å². The number of nitrogens with one attached hydrogen (secondary N) is 2. The first-order valence-electron chi connectivity index (χ1n) is 9.00. The van der Waals surface area contributed by atoms with Gasteiger partial charge in [-0.25, -0.2) is 9.78 Å². The van der Waals surface area contributed by atoms with Crippen molar-refractivity contribution in [3.05, 3.63) is 75.9 Å². The molecule has 4 aromatic rings. The van der Waals surface area contributed by atoms with Crippen LogP contribution in [0.4, 0.5) is 5.69 Å². The highest BCUT2D eigenvalue weighted by Crippen LogP contribution is 2.24. The van der Waals surface area contributed by atoms with Crippen molar-refractivity contribution in [3.8, 4) is 11.5 Å². The lowest BCUT2D eigenvalue weighted by Crippen LogP contribution is -2.15. The number of carbonyl (C=O) groups is 2. The number of carboxylic acids is 1. The zero-order valence-corrected chi connectivity index (χ0v) is 17.5. The third-order valence-corrected chi connectivity index (χ3v) is 5.86. The summed E-state index contributed by atoms with van der Waals surface area (Å²) in [7, 11) is 0. The zero-order valence-electron chi connectivity index (χ0n) is 15.8. The van der Waals surface area contributed by atoms with E-state index in [1.54, 1.807) is 24.3 Å². The van der Waals surface area contributed by atoms with Gasteiger partial charge in [-0.1, -0.05) is 30.0 Å². The molecule has 156 valence electrons. The zero-order chi connectivity index (χ0) is 21.8. The highest BCUT2D eigenvalue weighted by atomic mass is 32.2. The molecule has 1 amide bonds. The lowest BCUT2D eigenvalue weighted by Gasteiger charge is -2.08. The maximum Gasteiger partial charge on any atom is 0.337 e. The molecule has 3 N–H and O–H groups in total. The monoisotopic (exact) mass is 453 g/mol. The number of hydrogen-bond acceptors (Lipinski definition) is 7. The summed E-state index contributed by atoms with van der Waals surface area (Å²) in [6.45, 7) is 0. The number of H-pyrrole nitrogens is 1. The van der Waals surface area contributed by atoms with Crippen LogP contribution in [0.2, 0.25) is 0 Å². The number of para-hydroxylation sites is 1. The minimum absolute atomic E-state index is 0.0217. The predicted molar refractivity (Wildman–Crippen MR) is 120 cm³/mol. The van der Waals surface area contributed by atoms with Gasteiger partial charge in [0.05, 0.1) is 16.7 Å². The van der Waals surface area contributed by atoms with Crippen LogP contribution in [-0.4, -0.2) is 32.7 Å². The second-order valence-electron chi connectivity index (χ2n) is 6.28. The van der Waals surface area contributed by atoms with Crippen molar-refractivity contribution in [2.45, 2.75) is 5.16 Å². The molecule has 0 aliphatic carbocycles. The fourth-order valence-electron chi connectivity index (χ4n) is 2.72. The number of carboxylic acid groups (broad SMARTS) is 1. The van der Waals surface area contributed by atoms with Gasteiger partial charge in [0.15, 0.2) is 5.16 Å². The van der Waals surface area contributed by atoms with Crippen LogP contribution in [0, 0.1) is 0 Å². The largest absolute Gasteiger partial charge is 0.478 e. The van der Waals surface area contributed by atoms with Crippen molar-refractivity contribution < 1.29 is 19.4 Å². The van der Waals surface area contributed by atoms with E-state index in [1.165, 1.54) is 5.38 Å². The molecule has 0 spiro atoms. The minimum atomic E-state index is -1.18. The molecule has 0 fully saturated rings. The van der Waals surface area contributed by atoms with Crippen LogP contribution < -0.4 is 15.6 Å². The summed E-state index contributed by atoms with van der Waals surface area (Å²) in [6.07, 6.45) is 0. The number of nitrogens with zero attached hydrogens (tertiary/aromatic N) is 1. The molecule has 31 heavy (non-hydrogen) atoms. The van der Waals surface area contributed by atoms with Gasteiger partial charge in [-0.2, -0.15) is 0 Å². The number of anilines is 1. The number of thioether (sulfide) groups is 1. The van der Waals surface area contributed by atoms with Crippen molar-refractivity contribution in [3.63, 3.8) is 0 Å². The van der Waals surface area contributed by atoms with Crippen molar-refractivity contribution in [1.29, 1.82) is 0 Å². The Labute approximate surface area is 183 Å². The van der Waals surface area contributed by atoms with Crippen LogP contribution in [0.1, 0.15) is 10.4 Å². The maximum absolute atomic E-state index is 12.2. The number of hydrogen-bond donors (Lipinski definition) is 3. The summed E-state index contributed by atoms with van der Waals surface area (Å²) in [5, 5.41) is 13.6. The fourth-order valence-corrected chi connectivity index (χ4v) is 4.35. The first-order valence-corrected chi connectivity index (χ1v) is 10.9. The number of carbonyl (C=O) groups excluding carboxylic acids is 1. The molecule has 0 radical (unpaired) electrons. The first-order chi connectivity index (χ1) is 15.0. The quantitative estimate of drug-likeness (QED) is 0.283. The molecule has 0 aliphatic rings. The summed E-state index contributed by atoms with van der Waals surface area (Å²) in [4.78, 5) is 42.7. The molecule has 2 aromatic carbocycles.